The fraction of sp³-hybridized carbons (Fsp3) is 0. The van der Waals surface area contributed by atoms with Gasteiger partial charge in [0.05, 0.1) is 5.56 Å². The van der Waals surface area contributed by atoms with Crippen molar-refractivity contribution in [1.82, 2.24) is 0 Å². The van der Waals surface area contributed by atoms with E-state index in [1.165, 1.54) is 0 Å². The molecule has 5 N–H and O–H groups in total. The van der Waals surface area contributed by atoms with E-state index in [2.05, 4.69) is 5.32 Å². The fourth-order valence-electron chi connectivity index (χ4n) is 1.64. The van der Waals surface area contributed by atoms with Crippen LogP contribution in [0, 0.1) is 0 Å². The first-order valence-electron chi connectivity index (χ1n) is 5.38. The molecule has 0 bridgehead atoms. The third kappa shape index (κ3) is 3.30. The second kappa shape index (κ2) is 5.38. The van der Waals surface area contributed by atoms with Crippen LogP contribution >= 0.6 is 23.2 Å². The number of benzene rings is 2. The summed E-state index contributed by atoms with van der Waals surface area (Å²) >= 11 is 11.8. The molecular weight excluding hydrogens is 285 g/mol. The van der Waals surface area contributed by atoms with E-state index in [0.717, 1.165) is 0 Å². The maximum atomic E-state index is 11.2. The second-order valence-corrected chi connectivity index (χ2v) is 4.82. The molecule has 1 amide bonds. The Morgan fingerprint density at radius 3 is 2.21 bits per heavy atom. The van der Waals surface area contributed by atoms with E-state index in [-0.39, 0.29) is 5.56 Å². The fourth-order valence-corrected chi connectivity index (χ4v) is 2.17. The third-order valence-corrected chi connectivity index (χ3v) is 2.91. The molecule has 0 aliphatic rings. The molecule has 19 heavy (non-hydrogen) atoms. The monoisotopic (exact) mass is 295 g/mol. The minimum Gasteiger partial charge on any atom is -0.398 e. The van der Waals surface area contributed by atoms with Gasteiger partial charge in [-0.3, -0.25) is 4.79 Å². The number of primary amides is 1. The van der Waals surface area contributed by atoms with Gasteiger partial charge < -0.3 is 16.8 Å². The highest BCUT2D eigenvalue weighted by Gasteiger charge is 2.07. The third-order valence-electron chi connectivity index (χ3n) is 2.47. The summed E-state index contributed by atoms with van der Waals surface area (Å²) in [4.78, 5) is 11.2. The van der Waals surface area contributed by atoms with Gasteiger partial charge in [-0.05, 0) is 36.4 Å². The number of anilines is 3. The van der Waals surface area contributed by atoms with Crippen molar-refractivity contribution in [3.05, 3.63) is 52.0 Å². The first-order chi connectivity index (χ1) is 8.95. The quantitative estimate of drug-likeness (QED) is 0.759. The number of nitrogens with two attached hydrogens (primary N) is 2. The molecule has 98 valence electrons. The molecule has 0 saturated carbocycles. The van der Waals surface area contributed by atoms with Crippen molar-refractivity contribution in [3.8, 4) is 0 Å². The van der Waals surface area contributed by atoms with Gasteiger partial charge in [0.1, 0.15) is 0 Å². The Kier molecular flexibility index (Phi) is 3.83. The van der Waals surface area contributed by atoms with Crippen LogP contribution < -0.4 is 16.8 Å². The van der Waals surface area contributed by atoms with E-state index in [4.69, 9.17) is 34.7 Å². The summed E-state index contributed by atoms with van der Waals surface area (Å²) in [6.07, 6.45) is 0. The Morgan fingerprint density at radius 2 is 1.63 bits per heavy atom. The van der Waals surface area contributed by atoms with Gasteiger partial charge in [-0.1, -0.05) is 23.2 Å². The first kappa shape index (κ1) is 13.5. The average Bonchev–Trinajstić information content (AvgIpc) is 2.30. The summed E-state index contributed by atoms with van der Waals surface area (Å²) in [5.41, 5.74) is 12.9. The zero-order chi connectivity index (χ0) is 14.0. The second-order valence-electron chi connectivity index (χ2n) is 3.95. The lowest BCUT2D eigenvalue weighted by molar-refractivity contribution is 0.100. The highest BCUT2D eigenvalue weighted by atomic mass is 35.5. The SMILES string of the molecule is NC(=O)c1cc(Nc2cc(Cl)cc(Cl)c2)ccc1N. The molecule has 2 aromatic rings. The summed E-state index contributed by atoms with van der Waals surface area (Å²) in [5.74, 6) is -0.578. The van der Waals surface area contributed by atoms with Crippen molar-refractivity contribution in [3.63, 3.8) is 0 Å². The number of carbonyl (C=O) groups is 1. The number of carbonyl (C=O) groups excluding carboxylic acids is 1. The maximum absolute atomic E-state index is 11.2. The number of halogens is 2. The van der Waals surface area contributed by atoms with Gasteiger partial charge in [0.15, 0.2) is 0 Å². The smallest absolute Gasteiger partial charge is 0.250 e. The molecule has 0 atom stereocenters. The van der Waals surface area contributed by atoms with Gasteiger partial charge in [0, 0.05) is 27.1 Å². The van der Waals surface area contributed by atoms with Gasteiger partial charge >= 0.3 is 0 Å². The maximum Gasteiger partial charge on any atom is 0.250 e. The zero-order valence-electron chi connectivity index (χ0n) is 9.78. The number of nitrogens with one attached hydrogen (secondary N) is 1. The largest absolute Gasteiger partial charge is 0.398 e. The summed E-state index contributed by atoms with van der Waals surface area (Å²) in [7, 11) is 0. The van der Waals surface area contributed by atoms with Crippen LogP contribution in [0.2, 0.25) is 10.0 Å². The minimum absolute atomic E-state index is 0.262. The summed E-state index contributed by atoms with van der Waals surface area (Å²) < 4.78 is 0. The molecule has 0 aliphatic carbocycles. The van der Waals surface area contributed by atoms with Gasteiger partial charge in [0.25, 0.3) is 5.91 Å². The summed E-state index contributed by atoms with van der Waals surface area (Å²) in [5, 5.41) is 4.10. The summed E-state index contributed by atoms with van der Waals surface area (Å²) in [6.45, 7) is 0. The van der Waals surface area contributed by atoms with Crippen molar-refractivity contribution >= 4 is 46.2 Å². The molecule has 0 aromatic heterocycles. The lowest BCUT2D eigenvalue weighted by Gasteiger charge is -2.10. The number of hydrogen-bond acceptors (Lipinski definition) is 3. The van der Waals surface area contributed by atoms with Gasteiger partial charge in [-0.15, -0.1) is 0 Å². The molecule has 6 heteroatoms. The molecule has 0 aliphatic heterocycles. The first-order valence-corrected chi connectivity index (χ1v) is 6.14. The molecular formula is C13H11Cl2N3O. The van der Waals surface area contributed by atoms with Crippen LogP contribution in [-0.4, -0.2) is 5.91 Å². The number of nitrogen functional groups attached to an aromatic ring is 1. The molecule has 2 rings (SSSR count). The van der Waals surface area contributed by atoms with Gasteiger partial charge in [-0.25, -0.2) is 0 Å². The standard InChI is InChI=1S/C13H11Cl2N3O/c14-7-3-8(15)5-10(4-7)18-9-1-2-12(16)11(6-9)13(17)19/h1-6,18H,16H2,(H2,17,19). The number of rotatable bonds is 3. The van der Waals surface area contributed by atoms with Crippen LogP contribution in [0.1, 0.15) is 10.4 Å². The Balaban J connectivity index is 2.33. The lowest BCUT2D eigenvalue weighted by Crippen LogP contribution is -2.13. The van der Waals surface area contributed by atoms with E-state index < -0.39 is 5.91 Å². The molecule has 0 radical (unpaired) electrons. The van der Waals surface area contributed by atoms with E-state index in [0.29, 0.717) is 27.1 Å². The van der Waals surface area contributed by atoms with E-state index >= 15 is 0 Å². The minimum atomic E-state index is -0.578. The van der Waals surface area contributed by atoms with E-state index in [1.54, 1.807) is 36.4 Å². The lowest BCUT2D eigenvalue weighted by atomic mass is 10.1. The number of amides is 1. The van der Waals surface area contributed by atoms with Crippen LogP contribution in [0.15, 0.2) is 36.4 Å². The van der Waals surface area contributed by atoms with Gasteiger partial charge in [0.2, 0.25) is 0 Å². The van der Waals surface area contributed by atoms with Crippen molar-refractivity contribution in [2.45, 2.75) is 0 Å². The Bertz CT molecular complexity index is 624. The predicted octanol–water partition coefficient (Wildman–Crippen LogP) is 3.42. The average molecular weight is 296 g/mol. The van der Waals surface area contributed by atoms with Crippen molar-refractivity contribution in [2.75, 3.05) is 11.1 Å². The predicted molar refractivity (Wildman–Crippen MR) is 79.1 cm³/mol. The van der Waals surface area contributed by atoms with Crippen molar-refractivity contribution < 1.29 is 4.79 Å². The van der Waals surface area contributed by atoms with Crippen LogP contribution in [0.4, 0.5) is 17.1 Å². The van der Waals surface area contributed by atoms with Crippen LogP contribution in [0.5, 0.6) is 0 Å². The molecule has 0 heterocycles. The topological polar surface area (TPSA) is 81.1 Å². The van der Waals surface area contributed by atoms with Crippen molar-refractivity contribution in [1.29, 1.82) is 0 Å². The van der Waals surface area contributed by atoms with Crippen molar-refractivity contribution in [2.24, 2.45) is 5.73 Å². The van der Waals surface area contributed by atoms with Crippen LogP contribution in [0.3, 0.4) is 0 Å². The molecule has 4 nitrogen and oxygen atoms in total. The Morgan fingerprint density at radius 1 is 1.00 bits per heavy atom. The van der Waals surface area contributed by atoms with Crippen LogP contribution in [0.25, 0.3) is 0 Å². The van der Waals surface area contributed by atoms with E-state index in [1.807, 2.05) is 0 Å². The molecule has 0 unspecified atom stereocenters. The Hall–Kier alpha value is -1.91. The van der Waals surface area contributed by atoms with Crippen LogP contribution in [-0.2, 0) is 0 Å². The van der Waals surface area contributed by atoms with E-state index in [9.17, 15) is 4.79 Å². The normalized spacial score (nSPS) is 10.2. The molecule has 0 saturated heterocycles. The molecule has 0 fully saturated rings. The highest BCUT2D eigenvalue weighted by molar-refractivity contribution is 6.35. The summed E-state index contributed by atoms with van der Waals surface area (Å²) in [6, 6.07) is 9.98. The molecule has 0 spiro atoms. The zero-order valence-corrected chi connectivity index (χ0v) is 11.3. The van der Waals surface area contributed by atoms with Gasteiger partial charge in [-0.2, -0.15) is 0 Å². The molecule has 2 aromatic carbocycles. The highest BCUT2D eigenvalue weighted by Crippen LogP contribution is 2.26. The Labute approximate surface area is 120 Å². The number of hydrogen-bond donors (Lipinski definition) is 3.